The molecule has 0 radical (unpaired) electrons. The van der Waals surface area contributed by atoms with E-state index in [1.54, 1.807) is 24.3 Å². The van der Waals surface area contributed by atoms with Gasteiger partial charge in [-0.25, -0.2) is 9.18 Å². The molecule has 2 aromatic carbocycles. The van der Waals surface area contributed by atoms with E-state index in [9.17, 15) is 18.8 Å². The van der Waals surface area contributed by atoms with E-state index in [1.165, 1.54) is 19.2 Å². The van der Waals surface area contributed by atoms with Gasteiger partial charge in [0.1, 0.15) is 11.6 Å². The van der Waals surface area contributed by atoms with Crippen LogP contribution in [0, 0.1) is 5.82 Å². The van der Waals surface area contributed by atoms with Crippen LogP contribution in [0.5, 0.6) is 5.75 Å². The molecule has 0 aliphatic rings. The summed E-state index contributed by atoms with van der Waals surface area (Å²) in [6.07, 6.45) is 0. The monoisotopic (exact) mass is 384 g/mol. The van der Waals surface area contributed by atoms with E-state index in [0.717, 1.165) is 21.4 Å². The average molecular weight is 384 g/mol. The third-order valence-electron chi connectivity index (χ3n) is 3.88. The van der Waals surface area contributed by atoms with Crippen molar-refractivity contribution in [3.63, 3.8) is 0 Å². The van der Waals surface area contributed by atoms with Crippen molar-refractivity contribution in [2.45, 2.75) is 6.92 Å². The van der Waals surface area contributed by atoms with Crippen LogP contribution in [0.15, 0.2) is 58.1 Å². The lowest BCUT2D eigenvalue weighted by atomic mass is 10.3. The first-order chi connectivity index (χ1) is 13.4. The SMILES string of the molecule is CCOc1ccc(NC(=O)c2nn(-c3ccc(F)cc3)c(=O)n(C)c2=O)cc1. The van der Waals surface area contributed by atoms with E-state index in [4.69, 9.17) is 4.74 Å². The maximum absolute atomic E-state index is 13.1. The van der Waals surface area contributed by atoms with Crippen molar-refractivity contribution < 1.29 is 13.9 Å². The third kappa shape index (κ3) is 3.83. The van der Waals surface area contributed by atoms with Gasteiger partial charge in [-0.2, -0.15) is 9.78 Å². The average Bonchev–Trinajstić information content (AvgIpc) is 2.69. The van der Waals surface area contributed by atoms with Gasteiger partial charge in [-0.05, 0) is 55.5 Å². The highest BCUT2D eigenvalue weighted by Gasteiger charge is 2.19. The molecule has 0 saturated heterocycles. The molecule has 0 spiro atoms. The van der Waals surface area contributed by atoms with Crippen molar-refractivity contribution in [1.82, 2.24) is 14.3 Å². The predicted molar refractivity (Wildman–Crippen MR) is 101 cm³/mol. The number of hydrogen-bond donors (Lipinski definition) is 1. The number of rotatable bonds is 5. The fourth-order valence-electron chi connectivity index (χ4n) is 2.46. The summed E-state index contributed by atoms with van der Waals surface area (Å²) in [5, 5.41) is 6.44. The van der Waals surface area contributed by atoms with E-state index in [2.05, 4.69) is 10.4 Å². The Balaban J connectivity index is 1.96. The number of amides is 1. The van der Waals surface area contributed by atoms with Crippen LogP contribution in [0.25, 0.3) is 5.69 Å². The summed E-state index contributed by atoms with van der Waals surface area (Å²) in [5.41, 5.74) is -1.42. The van der Waals surface area contributed by atoms with Crippen molar-refractivity contribution in [2.24, 2.45) is 7.05 Å². The summed E-state index contributed by atoms with van der Waals surface area (Å²) in [6, 6.07) is 11.5. The Labute approximate surface area is 158 Å². The number of carbonyl (C=O) groups excluding carboxylic acids is 1. The second-order valence-corrected chi connectivity index (χ2v) is 5.80. The summed E-state index contributed by atoms with van der Waals surface area (Å²) < 4.78 is 20.1. The minimum absolute atomic E-state index is 0.220. The largest absolute Gasteiger partial charge is 0.494 e. The summed E-state index contributed by atoms with van der Waals surface area (Å²) in [4.78, 5) is 37.2. The summed E-state index contributed by atoms with van der Waals surface area (Å²) in [5.74, 6) is -0.630. The smallest absolute Gasteiger partial charge is 0.351 e. The van der Waals surface area contributed by atoms with Crippen LogP contribution in [0.2, 0.25) is 0 Å². The molecule has 0 bridgehead atoms. The quantitative estimate of drug-likeness (QED) is 0.723. The van der Waals surface area contributed by atoms with Gasteiger partial charge in [0.05, 0.1) is 12.3 Å². The number of ether oxygens (including phenoxy) is 1. The number of nitrogens with zero attached hydrogens (tertiary/aromatic N) is 3. The second kappa shape index (κ2) is 7.87. The lowest BCUT2D eigenvalue weighted by molar-refractivity contribution is 0.101. The molecule has 0 fully saturated rings. The molecule has 0 aliphatic carbocycles. The Morgan fingerprint density at radius 2 is 1.75 bits per heavy atom. The number of anilines is 1. The van der Waals surface area contributed by atoms with Crippen molar-refractivity contribution in [2.75, 3.05) is 11.9 Å². The summed E-state index contributed by atoms with van der Waals surface area (Å²) in [7, 11) is 1.24. The number of carbonyl (C=O) groups is 1. The number of hydrogen-bond acceptors (Lipinski definition) is 5. The molecule has 3 rings (SSSR count). The van der Waals surface area contributed by atoms with Gasteiger partial charge in [-0.1, -0.05) is 0 Å². The maximum atomic E-state index is 13.1. The van der Waals surface area contributed by atoms with Crippen molar-refractivity contribution >= 4 is 11.6 Å². The molecule has 1 aromatic heterocycles. The molecule has 3 aromatic rings. The molecule has 0 unspecified atom stereocenters. The van der Waals surface area contributed by atoms with E-state index in [0.29, 0.717) is 18.0 Å². The topological polar surface area (TPSA) is 95.2 Å². The molecule has 1 N–H and O–H groups in total. The van der Waals surface area contributed by atoms with Crippen LogP contribution < -0.4 is 21.3 Å². The van der Waals surface area contributed by atoms with Crippen LogP contribution in [-0.2, 0) is 7.05 Å². The molecule has 0 aliphatic heterocycles. The van der Waals surface area contributed by atoms with Crippen LogP contribution >= 0.6 is 0 Å². The molecular weight excluding hydrogens is 367 g/mol. The zero-order valence-corrected chi connectivity index (χ0v) is 15.2. The van der Waals surface area contributed by atoms with Crippen LogP contribution in [0.3, 0.4) is 0 Å². The molecule has 0 saturated carbocycles. The van der Waals surface area contributed by atoms with Crippen LogP contribution in [-0.4, -0.2) is 26.9 Å². The normalized spacial score (nSPS) is 10.5. The van der Waals surface area contributed by atoms with E-state index < -0.39 is 28.7 Å². The van der Waals surface area contributed by atoms with Gasteiger partial charge < -0.3 is 10.1 Å². The molecule has 1 amide bonds. The Morgan fingerprint density at radius 1 is 1.11 bits per heavy atom. The first-order valence-corrected chi connectivity index (χ1v) is 8.41. The molecule has 8 nitrogen and oxygen atoms in total. The highest BCUT2D eigenvalue weighted by atomic mass is 19.1. The minimum atomic E-state index is -0.841. The zero-order valence-electron chi connectivity index (χ0n) is 15.2. The van der Waals surface area contributed by atoms with Gasteiger partial charge in [0.25, 0.3) is 11.5 Å². The van der Waals surface area contributed by atoms with Gasteiger partial charge in [-0.15, -0.1) is 0 Å². The minimum Gasteiger partial charge on any atom is -0.494 e. The Morgan fingerprint density at radius 3 is 2.36 bits per heavy atom. The number of nitrogens with one attached hydrogen (secondary N) is 1. The lowest BCUT2D eigenvalue weighted by Crippen LogP contribution is -2.43. The van der Waals surface area contributed by atoms with Crippen molar-refractivity contribution in [3.05, 3.63) is 80.9 Å². The van der Waals surface area contributed by atoms with Crippen molar-refractivity contribution in [3.8, 4) is 11.4 Å². The zero-order chi connectivity index (χ0) is 20.3. The molecule has 0 atom stereocenters. The summed E-state index contributed by atoms with van der Waals surface area (Å²) in [6.45, 7) is 2.36. The van der Waals surface area contributed by atoms with Gasteiger partial charge in [0.15, 0.2) is 0 Å². The molecule has 1 heterocycles. The first kappa shape index (κ1) is 19.0. The first-order valence-electron chi connectivity index (χ1n) is 8.41. The van der Waals surface area contributed by atoms with Gasteiger partial charge >= 0.3 is 5.69 Å². The molecular formula is C19H17FN4O4. The number of aromatic nitrogens is 3. The van der Waals surface area contributed by atoms with Crippen LogP contribution in [0.4, 0.5) is 10.1 Å². The maximum Gasteiger partial charge on any atom is 0.351 e. The molecule has 144 valence electrons. The second-order valence-electron chi connectivity index (χ2n) is 5.80. The summed E-state index contributed by atoms with van der Waals surface area (Å²) >= 11 is 0. The van der Waals surface area contributed by atoms with E-state index >= 15 is 0 Å². The standard InChI is InChI=1S/C19H17FN4O4/c1-3-28-15-10-6-13(7-11-15)21-17(25)16-18(26)23(2)19(27)24(22-16)14-8-4-12(20)5-9-14/h4-11H,3H2,1-2H3,(H,21,25). The predicted octanol–water partition coefficient (Wildman–Crippen LogP) is 1.72. The molecule has 9 heteroatoms. The van der Waals surface area contributed by atoms with E-state index in [-0.39, 0.29) is 5.69 Å². The Kier molecular flexibility index (Phi) is 5.35. The third-order valence-corrected chi connectivity index (χ3v) is 3.88. The highest BCUT2D eigenvalue weighted by molar-refractivity contribution is 6.02. The number of benzene rings is 2. The fourth-order valence-corrected chi connectivity index (χ4v) is 2.46. The highest BCUT2D eigenvalue weighted by Crippen LogP contribution is 2.16. The van der Waals surface area contributed by atoms with E-state index in [1.807, 2.05) is 6.92 Å². The van der Waals surface area contributed by atoms with Gasteiger partial charge in [0.2, 0.25) is 5.69 Å². The Bertz CT molecular complexity index is 1120. The van der Waals surface area contributed by atoms with Gasteiger partial charge in [-0.3, -0.25) is 14.2 Å². The van der Waals surface area contributed by atoms with Crippen molar-refractivity contribution in [1.29, 1.82) is 0 Å². The fraction of sp³-hybridized carbons (Fsp3) is 0.158. The Hall–Kier alpha value is -3.75. The molecule has 28 heavy (non-hydrogen) atoms. The van der Waals surface area contributed by atoms with Gasteiger partial charge in [0, 0.05) is 12.7 Å². The lowest BCUT2D eigenvalue weighted by Gasteiger charge is -2.10. The number of halogens is 1. The van der Waals surface area contributed by atoms with Crippen LogP contribution in [0.1, 0.15) is 17.4 Å².